The van der Waals surface area contributed by atoms with Gasteiger partial charge in [-0.25, -0.2) is 28.7 Å². The van der Waals surface area contributed by atoms with Gasteiger partial charge in [-0.05, 0) is 25.0 Å². The van der Waals surface area contributed by atoms with Gasteiger partial charge in [-0.2, -0.15) is 23.4 Å². The number of hydrogen-bond donors (Lipinski definition) is 3. The van der Waals surface area contributed by atoms with E-state index < -0.39 is 30.9 Å². The van der Waals surface area contributed by atoms with Crippen LogP contribution in [0, 0.1) is 0 Å². The fourth-order valence-electron chi connectivity index (χ4n) is 4.25. The van der Waals surface area contributed by atoms with Crippen LogP contribution in [-0.4, -0.2) is 70.2 Å². The van der Waals surface area contributed by atoms with E-state index in [9.17, 15) is 27.1 Å². The molecule has 4 aromatic heterocycles. The zero-order chi connectivity index (χ0) is 28.4. The molecule has 0 aromatic carbocycles. The monoisotopic (exact) mass is 564 g/mol. The fraction of sp³-hybridized carbons (Fsp3) is 0.375. The van der Waals surface area contributed by atoms with Crippen molar-refractivity contribution < 1.29 is 27.1 Å². The van der Waals surface area contributed by atoms with Crippen LogP contribution >= 0.6 is 0 Å². The van der Waals surface area contributed by atoms with E-state index in [1.54, 1.807) is 12.1 Å². The van der Waals surface area contributed by atoms with Crippen LogP contribution in [0.2, 0.25) is 0 Å². The largest absolute Gasteiger partial charge is 0.433 e. The van der Waals surface area contributed by atoms with Gasteiger partial charge < -0.3 is 15.8 Å². The molecule has 11 nitrogen and oxygen atoms in total. The van der Waals surface area contributed by atoms with Gasteiger partial charge in [-0.3, -0.25) is 9.36 Å². The summed E-state index contributed by atoms with van der Waals surface area (Å²) in [5, 5.41) is 22.7. The number of alkyl halides is 5. The molecule has 0 aliphatic carbocycles. The summed E-state index contributed by atoms with van der Waals surface area (Å²) >= 11 is 0. The fourth-order valence-corrected chi connectivity index (χ4v) is 4.25. The van der Waals surface area contributed by atoms with E-state index in [0.29, 0.717) is 54.4 Å². The molecule has 1 fully saturated rings. The first-order valence-electron chi connectivity index (χ1n) is 12.3. The Kier molecular flexibility index (Phi) is 7.62. The van der Waals surface area contributed by atoms with E-state index in [4.69, 9.17) is 0 Å². The molecule has 5 rings (SSSR count). The molecule has 0 bridgehead atoms. The van der Waals surface area contributed by atoms with E-state index in [1.807, 2.05) is 5.01 Å². The predicted octanol–water partition coefficient (Wildman–Crippen LogP) is 3.95. The number of aliphatic hydroxyl groups is 1. The minimum absolute atomic E-state index is 0.0820. The lowest BCUT2D eigenvalue weighted by Gasteiger charge is -2.31. The first-order chi connectivity index (χ1) is 19.0. The number of hydrogen-bond acceptors (Lipinski definition) is 9. The Morgan fingerprint density at radius 1 is 1.10 bits per heavy atom. The molecule has 5 heterocycles. The van der Waals surface area contributed by atoms with Gasteiger partial charge in [-0.1, -0.05) is 0 Å². The van der Waals surface area contributed by atoms with Crippen molar-refractivity contribution in [2.24, 2.45) is 7.05 Å². The number of piperidine rings is 1. The van der Waals surface area contributed by atoms with Crippen molar-refractivity contribution >= 4 is 17.3 Å². The van der Waals surface area contributed by atoms with Crippen LogP contribution in [0.15, 0.2) is 43.0 Å². The van der Waals surface area contributed by atoms with E-state index in [1.165, 1.54) is 31.8 Å². The molecule has 0 radical (unpaired) electrons. The highest BCUT2D eigenvalue weighted by atomic mass is 19.4. The number of aliphatic hydroxyl groups excluding tert-OH is 1. The molecule has 16 heteroatoms. The highest BCUT2D eigenvalue weighted by molar-refractivity contribution is 5.77. The molecule has 3 N–H and O–H groups in total. The summed E-state index contributed by atoms with van der Waals surface area (Å²) < 4.78 is 67.5. The molecule has 1 aliphatic heterocycles. The molecule has 0 amide bonds. The van der Waals surface area contributed by atoms with Crippen LogP contribution < -0.4 is 10.7 Å². The number of hydrazine groups is 1. The predicted molar refractivity (Wildman–Crippen MR) is 134 cm³/mol. The van der Waals surface area contributed by atoms with Crippen molar-refractivity contribution in [2.45, 2.75) is 38.1 Å². The van der Waals surface area contributed by atoms with Gasteiger partial charge in [0, 0.05) is 50.4 Å². The number of pyridine rings is 1. The number of aromatic nitrogens is 7. The Morgan fingerprint density at radius 2 is 1.88 bits per heavy atom. The normalized spacial score (nSPS) is 15.1. The van der Waals surface area contributed by atoms with Gasteiger partial charge >= 0.3 is 6.18 Å². The first-order valence-corrected chi connectivity index (χ1v) is 12.3. The standard InChI is InChI=1S/C24H25F5N10O/c1-37-19(24(27,28)29)8-17(35-37)16-11-31-22(9-18(16)36-38-6-3-15(40)4-7-38)33-21-2-5-30-23(34-21)14-10-32-39(12-14)13-20(25)26/h2,5,8-12,15,20,40H,3-4,6-7,13H2,1H3,(H2,30,31,33,34,36). The topological polar surface area (TPSA) is 122 Å². The van der Waals surface area contributed by atoms with E-state index in [2.05, 4.69) is 35.9 Å². The maximum absolute atomic E-state index is 13.4. The molecule has 212 valence electrons. The average Bonchev–Trinajstić information content (AvgIpc) is 3.52. The third kappa shape index (κ3) is 6.34. The van der Waals surface area contributed by atoms with Crippen molar-refractivity contribution in [3.05, 3.63) is 48.7 Å². The molecular weight excluding hydrogens is 539 g/mol. The molecule has 1 saturated heterocycles. The molecule has 4 aromatic rings. The minimum Gasteiger partial charge on any atom is -0.393 e. The summed E-state index contributed by atoms with van der Waals surface area (Å²) in [7, 11) is 1.22. The number of rotatable bonds is 8. The van der Waals surface area contributed by atoms with Crippen LogP contribution in [0.5, 0.6) is 0 Å². The third-order valence-corrected chi connectivity index (χ3v) is 6.22. The number of halogens is 5. The Hall–Kier alpha value is -4.18. The summed E-state index contributed by atoms with van der Waals surface area (Å²) in [6, 6.07) is 4.15. The van der Waals surface area contributed by atoms with Gasteiger partial charge in [0.25, 0.3) is 6.43 Å². The third-order valence-electron chi connectivity index (χ3n) is 6.22. The van der Waals surface area contributed by atoms with Gasteiger partial charge in [-0.15, -0.1) is 0 Å². The molecule has 0 unspecified atom stereocenters. The maximum Gasteiger partial charge on any atom is 0.433 e. The number of nitrogens with zero attached hydrogens (tertiary/aromatic N) is 8. The highest BCUT2D eigenvalue weighted by Gasteiger charge is 2.35. The van der Waals surface area contributed by atoms with E-state index >= 15 is 0 Å². The van der Waals surface area contributed by atoms with Crippen LogP contribution in [0.4, 0.5) is 39.3 Å². The lowest BCUT2D eigenvalue weighted by Crippen LogP contribution is -2.39. The molecule has 1 aliphatic rings. The number of nitrogens with one attached hydrogen (secondary N) is 2. The SMILES string of the molecule is Cn1nc(-c2cnc(Nc3ccnc(-c4cnn(CC(F)F)c4)n3)cc2NN2CCC(O)CC2)cc1C(F)(F)F. The summed E-state index contributed by atoms with van der Waals surface area (Å²) in [5.74, 6) is 0.921. The summed E-state index contributed by atoms with van der Waals surface area (Å²) in [4.78, 5) is 12.9. The molecule has 0 spiro atoms. The van der Waals surface area contributed by atoms with Crippen LogP contribution in [0.1, 0.15) is 18.5 Å². The second kappa shape index (κ2) is 11.1. The van der Waals surface area contributed by atoms with Crippen LogP contribution in [0.3, 0.4) is 0 Å². The number of anilines is 3. The summed E-state index contributed by atoms with van der Waals surface area (Å²) in [6.07, 6.45) is -0.781. The van der Waals surface area contributed by atoms with Crippen LogP contribution in [-0.2, 0) is 19.8 Å². The quantitative estimate of drug-likeness (QED) is 0.273. The van der Waals surface area contributed by atoms with Crippen molar-refractivity contribution in [3.8, 4) is 22.6 Å². The summed E-state index contributed by atoms with van der Waals surface area (Å²) in [6.45, 7) is 0.493. The zero-order valence-corrected chi connectivity index (χ0v) is 21.1. The Balaban J connectivity index is 1.43. The average molecular weight is 565 g/mol. The van der Waals surface area contributed by atoms with Crippen LogP contribution in [0.25, 0.3) is 22.6 Å². The van der Waals surface area contributed by atoms with Crippen molar-refractivity contribution in [2.75, 3.05) is 23.8 Å². The van der Waals surface area contributed by atoms with Gasteiger partial charge in [0.1, 0.15) is 23.9 Å². The molecule has 0 saturated carbocycles. The second-order valence-electron chi connectivity index (χ2n) is 9.21. The zero-order valence-electron chi connectivity index (χ0n) is 21.1. The lowest BCUT2D eigenvalue weighted by atomic mass is 10.1. The minimum atomic E-state index is -4.58. The smallest absolute Gasteiger partial charge is 0.393 e. The van der Waals surface area contributed by atoms with Gasteiger partial charge in [0.05, 0.1) is 29.2 Å². The highest BCUT2D eigenvalue weighted by Crippen LogP contribution is 2.35. The number of aryl methyl sites for hydroxylation is 1. The van der Waals surface area contributed by atoms with Gasteiger partial charge in [0.2, 0.25) is 0 Å². The Labute approximate surface area is 224 Å². The Morgan fingerprint density at radius 3 is 2.58 bits per heavy atom. The van der Waals surface area contributed by atoms with Crippen molar-refractivity contribution in [3.63, 3.8) is 0 Å². The lowest BCUT2D eigenvalue weighted by molar-refractivity contribution is -0.143. The van der Waals surface area contributed by atoms with E-state index in [0.717, 1.165) is 15.4 Å². The molecule has 40 heavy (non-hydrogen) atoms. The molecular formula is C24H25F5N10O. The first kappa shape index (κ1) is 27.4. The van der Waals surface area contributed by atoms with Crippen molar-refractivity contribution in [1.82, 2.24) is 39.5 Å². The van der Waals surface area contributed by atoms with Crippen molar-refractivity contribution in [1.29, 1.82) is 0 Å². The second-order valence-corrected chi connectivity index (χ2v) is 9.21. The van der Waals surface area contributed by atoms with E-state index in [-0.39, 0.29) is 11.5 Å². The Bertz CT molecular complexity index is 1460. The van der Waals surface area contributed by atoms with Gasteiger partial charge in [0.15, 0.2) is 5.82 Å². The maximum atomic E-state index is 13.4. The molecule has 0 atom stereocenters. The summed E-state index contributed by atoms with van der Waals surface area (Å²) in [5.41, 5.74) is 3.64.